The van der Waals surface area contributed by atoms with Gasteiger partial charge in [0.1, 0.15) is 5.75 Å². The first-order chi connectivity index (χ1) is 11.3. The molecule has 0 bridgehead atoms. The molecular formula is C15H11BF3NO4. The van der Waals surface area contributed by atoms with Gasteiger partial charge in [0.2, 0.25) is 0 Å². The first-order valence-corrected chi connectivity index (χ1v) is 6.91. The van der Waals surface area contributed by atoms with Crippen LogP contribution in [0.4, 0.5) is 18.9 Å². The highest BCUT2D eigenvalue weighted by Gasteiger charge is 2.31. The van der Waals surface area contributed by atoms with Crippen molar-refractivity contribution in [3.8, 4) is 5.75 Å². The van der Waals surface area contributed by atoms with Crippen LogP contribution in [0.15, 0.2) is 42.5 Å². The van der Waals surface area contributed by atoms with Gasteiger partial charge in [-0.1, -0.05) is 12.1 Å². The maximum Gasteiger partial charge on any atom is 0.573 e. The summed E-state index contributed by atoms with van der Waals surface area (Å²) in [6, 6.07) is 9.63. The van der Waals surface area contributed by atoms with Gasteiger partial charge in [-0.15, -0.1) is 13.2 Å². The summed E-state index contributed by atoms with van der Waals surface area (Å²) in [6.07, 6.45) is -4.83. The van der Waals surface area contributed by atoms with E-state index in [0.717, 1.165) is 17.7 Å². The van der Waals surface area contributed by atoms with Crippen molar-refractivity contribution in [2.45, 2.75) is 13.0 Å². The molecule has 124 valence electrons. The van der Waals surface area contributed by atoms with Crippen molar-refractivity contribution in [1.29, 1.82) is 0 Å². The molecule has 0 atom stereocenters. The van der Waals surface area contributed by atoms with Gasteiger partial charge in [0, 0.05) is 11.3 Å². The zero-order valence-electron chi connectivity index (χ0n) is 12.1. The molecule has 1 aliphatic rings. The van der Waals surface area contributed by atoms with Crippen molar-refractivity contribution in [2.75, 3.05) is 5.32 Å². The van der Waals surface area contributed by atoms with Gasteiger partial charge in [-0.2, -0.15) is 0 Å². The third kappa shape index (κ3) is 3.69. The number of anilines is 1. The number of benzene rings is 2. The average Bonchev–Trinajstić information content (AvgIpc) is 2.87. The van der Waals surface area contributed by atoms with Gasteiger partial charge in [-0.05, 0) is 41.4 Å². The predicted molar refractivity (Wildman–Crippen MR) is 79.9 cm³/mol. The summed E-state index contributed by atoms with van der Waals surface area (Å²) < 4.78 is 45.5. The number of ether oxygens (including phenoxy) is 1. The van der Waals surface area contributed by atoms with Crippen LogP contribution in [0.25, 0.3) is 0 Å². The molecular weight excluding hydrogens is 326 g/mol. The molecule has 0 aromatic heterocycles. The van der Waals surface area contributed by atoms with E-state index in [0.29, 0.717) is 11.2 Å². The van der Waals surface area contributed by atoms with E-state index >= 15 is 0 Å². The van der Waals surface area contributed by atoms with E-state index in [1.807, 2.05) is 0 Å². The minimum Gasteiger partial charge on any atom is -0.423 e. The molecule has 0 spiro atoms. The Hall–Kier alpha value is -2.52. The quantitative estimate of drug-likeness (QED) is 0.842. The maximum absolute atomic E-state index is 12.2. The fourth-order valence-corrected chi connectivity index (χ4v) is 2.33. The highest BCUT2D eigenvalue weighted by molar-refractivity contribution is 6.61. The molecule has 0 fully saturated rings. The lowest BCUT2D eigenvalue weighted by Crippen LogP contribution is -2.28. The van der Waals surface area contributed by atoms with Gasteiger partial charge in [0.25, 0.3) is 5.91 Å². The molecule has 9 heteroatoms. The van der Waals surface area contributed by atoms with Crippen LogP contribution in [0.3, 0.4) is 0 Å². The molecule has 1 amide bonds. The minimum atomic E-state index is -4.83. The number of rotatable bonds is 3. The summed E-state index contributed by atoms with van der Waals surface area (Å²) in [5.74, 6) is -1.08. The number of carbonyl (C=O) groups excluding carboxylic acids is 1. The standard InChI is InChI=1S/C15H11BF3NO4/c17-15(18,19)24-12-3-1-2-9(6-12)14(21)20-11-5-4-10-8-23-16(22)13(10)7-11/h1-7,22H,8H2,(H,20,21). The molecule has 0 radical (unpaired) electrons. The molecule has 0 unspecified atom stereocenters. The number of amides is 1. The van der Waals surface area contributed by atoms with Crippen molar-refractivity contribution in [1.82, 2.24) is 0 Å². The highest BCUT2D eigenvalue weighted by Crippen LogP contribution is 2.24. The van der Waals surface area contributed by atoms with E-state index < -0.39 is 25.1 Å². The molecule has 1 aliphatic heterocycles. The van der Waals surface area contributed by atoms with Gasteiger partial charge in [-0.25, -0.2) is 0 Å². The Bertz CT molecular complexity index is 782. The van der Waals surface area contributed by atoms with E-state index in [1.54, 1.807) is 18.2 Å². The second-order valence-electron chi connectivity index (χ2n) is 5.11. The number of hydrogen-bond donors (Lipinski definition) is 2. The van der Waals surface area contributed by atoms with Crippen molar-refractivity contribution in [2.24, 2.45) is 0 Å². The topological polar surface area (TPSA) is 67.8 Å². The minimum absolute atomic E-state index is 0.00838. The van der Waals surface area contributed by atoms with Crippen LogP contribution in [-0.4, -0.2) is 24.4 Å². The normalized spacial score (nSPS) is 13.6. The average molecular weight is 337 g/mol. The Balaban J connectivity index is 1.76. The molecule has 0 aliphatic carbocycles. The first kappa shape index (κ1) is 16.3. The Morgan fingerprint density at radius 1 is 1.25 bits per heavy atom. The van der Waals surface area contributed by atoms with Crippen LogP contribution in [0.1, 0.15) is 15.9 Å². The molecule has 2 aromatic rings. The van der Waals surface area contributed by atoms with Crippen LogP contribution < -0.4 is 15.5 Å². The van der Waals surface area contributed by atoms with E-state index in [-0.39, 0.29) is 12.2 Å². The largest absolute Gasteiger partial charge is 0.573 e. The summed E-state index contributed by atoms with van der Waals surface area (Å²) in [5.41, 5.74) is 1.75. The SMILES string of the molecule is O=C(Nc1ccc2c(c1)B(O)OC2)c1cccc(OC(F)(F)F)c1. The highest BCUT2D eigenvalue weighted by atomic mass is 19.4. The molecule has 0 saturated carbocycles. The third-order valence-corrected chi connectivity index (χ3v) is 3.40. The van der Waals surface area contributed by atoms with Crippen molar-refractivity contribution >= 4 is 24.2 Å². The Kier molecular flexibility index (Phi) is 4.21. The monoisotopic (exact) mass is 337 g/mol. The van der Waals surface area contributed by atoms with E-state index in [1.165, 1.54) is 12.1 Å². The maximum atomic E-state index is 12.2. The lowest BCUT2D eigenvalue weighted by Gasteiger charge is -2.11. The summed E-state index contributed by atoms with van der Waals surface area (Å²) in [7, 11) is -1.06. The number of alkyl halides is 3. The van der Waals surface area contributed by atoms with Gasteiger partial charge >= 0.3 is 13.5 Å². The van der Waals surface area contributed by atoms with E-state index in [2.05, 4.69) is 10.1 Å². The smallest absolute Gasteiger partial charge is 0.423 e. The summed E-state index contributed by atoms with van der Waals surface area (Å²) >= 11 is 0. The van der Waals surface area contributed by atoms with Crippen LogP contribution >= 0.6 is 0 Å². The summed E-state index contributed by atoms with van der Waals surface area (Å²) in [6.45, 7) is 0.279. The molecule has 24 heavy (non-hydrogen) atoms. The second kappa shape index (κ2) is 6.18. The lowest BCUT2D eigenvalue weighted by molar-refractivity contribution is -0.274. The number of carbonyl (C=O) groups is 1. The van der Waals surface area contributed by atoms with Crippen LogP contribution in [-0.2, 0) is 11.3 Å². The molecule has 3 rings (SSSR count). The molecule has 2 N–H and O–H groups in total. The van der Waals surface area contributed by atoms with Gasteiger partial charge in [0.15, 0.2) is 0 Å². The Morgan fingerprint density at radius 2 is 2.04 bits per heavy atom. The number of halogens is 3. The Labute approximate surface area is 135 Å². The third-order valence-electron chi connectivity index (χ3n) is 3.40. The Morgan fingerprint density at radius 3 is 2.79 bits per heavy atom. The number of nitrogens with one attached hydrogen (secondary N) is 1. The zero-order chi connectivity index (χ0) is 17.3. The predicted octanol–water partition coefficient (Wildman–Crippen LogP) is 2.06. The van der Waals surface area contributed by atoms with E-state index in [4.69, 9.17) is 4.65 Å². The summed E-state index contributed by atoms with van der Waals surface area (Å²) in [4.78, 5) is 12.2. The van der Waals surface area contributed by atoms with Gasteiger partial charge in [0.05, 0.1) is 6.61 Å². The van der Waals surface area contributed by atoms with Crippen molar-refractivity contribution in [3.05, 3.63) is 53.6 Å². The van der Waals surface area contributed by atoms with Crippen molar-refractivity contribution < 1.29 is 32.4 Å². The lowest BCUT2D eigenvalue weighted by atomic mass is 9.79. The number of hydrogen-bond acceptors (Lipinski definition) is 4. The fourth-order valence-electron chi connectivity index (χ4n) is 2.33. The second-order valence-corrected chi connectivity index (χ2v) is 5.11. The van der Waals surface area contributed by atoms with Crippen LogP contribution in [0.2, 0.25) is 0 Å². The fraction of sp³-hybridized carbons (Fsp3) is 0.133. The molecule has 2 aromatic carbocycles. The van der Waals surface area contributed by atoms with Gasteiger partial charge < -0.3 is 19.7 Å². The van der Waals surface area contributed by atoms with Crippen LogP contribution in [0, 0.1) is 0 Å². The number of fused-ring (bicyclic) bond motifs is 1. The first-order valence-electron chi connectivity index (χ1n) is 6.91. The molecule has 0 saturated heterocycles. The molecule has 1 heterocycles. The molecule has 5 nitrogen and oxygen atoms in total. The summed E-state index contributed by atoms with van der Waals surface area (Å²) in [5, 5.41) is 12.2. The van der Waals surface area contributed by atoms with E-state index in [9.17, 15) is 23.0 Å². The zero-order valence-corrected chi connectivity index (χ0v) is 12.1. The van der Waals surface area contributed by atoms with Crippen molar-refractivity contribution in [3.63, 3.8) is 0 Å². The van der Waals surface area contributed by atoms with Crippen LogP contribution in [0.5, 0.6) is 5.75 Å². The van der Waals surface area contributed by atoms with Gasteiger partial charge in [-0.3, -0.25) is 4.79 Å².